The van der Waals surface area contributed by atoms with Crippen molar-refractivity contribution in [1.29, 1.82) is 0 Å². The van der Waals surface area contributed by atoms with Gasteiger partial charge in [0.05, 0.1) is 7.11 Å². The summed E-state index contributed by atoms with van der Waals surface area (Å²) in [5.74, 6) is 0.0262. The zero-order valence-electron chi connectivity index (χ0n) is 18.4. The van der Waals surface area contributed by atoms with Crippen LogP contribution in [0.2, 0.25) is 0 Å². The van der Waals surface area contributed by atoms with E-state index in [1.165, 1.54) is 51.1 Å². The van der Waals surface area contributed by atoms with Crippen LogP contribution >= 0.6 is 0 Å². The monoisotopic (exact) mass is 425 g/mol. The van der Waals surface area contributed by atoms with Crippen LogP contribution in [0.5, 0.6) is 5.75 Å². The number of piperazine rings is 1. The largest absolute Gasteiger partial charge is 0.494 e. The highest BCUT2D eigenvalue weighted by Gasteiger charge is 2.22. The Morgan fingerprint density at radius 3 is 2.10 bits per heavy atom. The highest BCUT2D eigenvalue weighted by molar-refractivity contribution is 5.94. The molecule has 2 fully saturated rings. The number of methoxy groups -OCH3 is 1. The molecular formula is C25H32FN3O2. The molecule has 2 aliphatic heterocycles. The lowest BCUT2D eigenvalue weighted by molar-refractivity contribution is 0.0628. The number of benzene rings is 2. The van der Waals surface area contributed by atoms with Crippen LogP contribution in [0.15, 0.2) is 42.5 Å². The van der Waals surface area contributed by atoms with Crippen LogP contribution in [0.3, 0.4) is 0 Å². The molecule has 0 spiro atoms. The molecular weight excluding hydrogens is 393 g/mol. The average molecular weight is 426 g/mol. The Balaban J connectivity index is 1.27. The summed E-state index contributed by atoms with van der Waals surface area (Å²) in [7, 11) is 1.47. The summed E-state index contributed by atoms with van der Waals surface area (Å²) in [6.07, 6.45) is 3.92. The van der Waals surface area contributed by atoms with E-state index in [1.54, 1.807) is 6.07 Å². The van der Waals surface area contributed by atoms with E-state index in [-0.39, 0.29) is 17.5 Å². The molecule has 166 valence electrons. The van der Waals surface area contributed by atoms with Gasteiger partial charge in [-0.3, -0.25) is 14.6 Å². The van der Waals surface area contributed by atoms with Crippen LogP contribution in [0, 0.1) is 5.82 Å². The van der Waals surface area contributed by atoms with Crippen molar-refractivity contribution in [3.63, 3.8) is 0 Å². The van der Waals surface area contributed by atoms with Gasteiger partial charge in [-0.25, -0.2) is 4.39 Å². The van der Waals surface area contributed by atoms with Gasteiger partial charge in [-0.05, 0) is 61.3 Å². The molecule has 2 aromatic rings. The predicted octanol–water partition coefficient (Wildman–Crippen LogP) is 3.78. The Labute approximate surface area is 184 Å². The molecule has 0 saturated carbocycles. The van der Waals surface area contributed by atoms with Gasteiger partial charge in [0.15, 0.2) is 11.6 Å². The number of likely N-dealkylation sites (tertiary alicyclic amines) is 1. The maximum Gasteiger partial charge on any atom is 0.253 e. The Morgan fingerprint density at radius 1 is 0.839 bits per heavy atom. The van der Waals surface area contributed by atoms with Gasteiger partial charge in [-0.1, -0.05) is 24.6 Å². The van der Waals surface area contributed by atoms with E-state index < -0.39 is 0 Å². The lowest BCUT2D eigenvalue weighted by Gasteiger charge is -2.35. The fraction of sp³-hybridized carbons (Fsp3) is 0.480. The molecule has 0 atom stereocenters. The molecule has 4 rings (SSSR count). The van der Waals surface area contributed by atoms with Crippen LogP contribution < -0.4 is 4.74 Å². The van der Waals surface area contributed by atoms with Crippen LogP contribution in [-0.4, -0.2) is 67.0 Å². The Morgan fingerprint density at radius 2 is 1.45 bits per heavy atom. The van der Waals surface area contributed by atoms with Gasteiger partial charge in [0, 0.05) is 44.8 Å². The van der Waals surface area contributed by atoms with Crippen molar-refractivity contribution in [3.8, 4) is 5.75 Å². The van der Waals surface area contributed by atoms with Gasteiger partial charge in [0.2, 0.25) is 0 Å². The first-order chi connectivity index (χ1) is 15.1. The van der Waals surface area contributed by atoms with Crippen LogP contribution in [-0.2, 0) is 13.1 Å². The number of amides is 1. The van der Waals surface area contributed by atoms with Gasteiger partial charge in [-0.2, -0.15) is 0 Å². The second-order valence-electron chi connectivity index (χ2n) is 8.57. The number of nitrogens with zero attached hydrogens (tertiary/aromatic N) is 3. The van der Waals surface area contributed by atoms with Gasteiger partial charge < -0.3 is 9.64 Å². The summed E-state index contributed by atoms with van der Waals surface area (Å²) >= 11 is 0. The Hall–Kier alpha value is -2.44. The molecule has 0 unspecified atom stereocenters. The molecule has 2 aliphatic rings. The number of ether oxygens (including phenoxy) is 1. The van der Waals surface area contributed by atoms with E-state index in [0.29, 0.717) is 19.6 Å². The molecule has 2 heterocycles. The molecule has 0 bridgehead atoms. The second-order valence-corrected chi connectivity index (χ2v) is 8.57. The molecule has 1 amide bonds. The molecule has 0 N–H and O–H groups in total. The van der Waals surface area contributed by atoms with Crippen molar-refractivity contribution < 1.29 is 13.9 Å². The van der Waals surface area contributed by atoms with Crippen LogP contribution in [0.25, 0.3) is 0 Å². The predicted molar refractivity (Wildman–Crippen MR) is 120 cm³/mol. The number of carbonyl (C=O) groups excluding carboxylic acids is 1. The zero-order chi connectivity index (χ0) is 21.6. The number of rotatable bonds is 6. The first-order valence-electron chi connectivity index (χ1n) is 11.3. The Kier molecular flexibility index (Phi) is 7.20. The zero-order valence-corrected chi connectivity index (χ0v) is 18.4. The third-order valence-electron chi connectivity index (χ3n) is 6.34. The number of carbonyl (C=O) groups is 1. The lowest BCUT2D eigenvalue weighted by atomic mass is 10.1. The van der Waals surface area contributed by atoms with Crippen molar-refractivity contribution in [2.45, 2.75) is 32.4 Å². The first-order valence-corrected chi connectivity index (χ1v) is 11.3. The standard InChI is InChI=1S/C25H32FN3O2/c1-31-24-10-7-21(17-23(24)26)19-28-13-15-29(16-14-28)25(30)22-8-5-20(6-9-22)18-27-11-3-2-4-12-27/h5-10,17H,2-4,11-16,18-19H2,1H3. The van der Waals surface area contributed by atoms with Gasteiger partial charge in [0.1, 0.15) is 0 Å². The highest BCUT2D eigenvalue weighted by atomic mass is 19.1. The Bertz CT molecular complexity index is 873. The van der Waals surface area contributed by atoms with Gasteiger partial charge in [-0.15, -0.1) is 0 Å². The van der Waals surface area contributed by atoms with E-state index in [1.807, 2.05) is 23.1 Å². The summed E-state index contributed by atoms with van der Waals surface area (Å²) in [5.41, 5.74) is 2.95. The summed E-state index contributed by atoms with van der Waals surface area (Å²) < 4.78 is 18.9. The summed E-state index contributed by atoms with van der Waals surface area (Å²) in [6.45, 7) is 6.94. The minimum Gasteiger partial charge on any atom is -0.494 e. The molecule has 2 aromatic carbocycles. The van der Waals surface area contributed by atoms with Crippen molar-refractivity contribution in [3.05, 3.63) is 65.0 Å². The number of halogens is 1. The van der Waals surface area contributed by atoms with E-state index >= 15 is 0 Å². The average Bonchev–Trinajstić information content (AvgIpc) is 2.80. The van der Waals surface area contributed by atoms with Crippen molar-refractivity contribution in [2.24, 2.45) is 0 Å². The SMILES string of the molecule is COc1ccc(CN2CCN(C(=O)c3ccc(CN4CCCCC4)cc3)CC2)cc1F. The van der Waals surface area contributed by atoms with Gasteiger partial charge >= 0.3 is 0 Å². The molecule has 2 saturated heterocycles. The summed E-state index contributed by atoms with van der Waals surface area (Å²) in [4.78, 5) is 19.6. The van der Waals surface area contributed by atoms with Crippen LogP contribution in [0.4, 0.5) is 4.39 Å². The molecule has 31 heavy (non-hydrogen) atoms. The van der Waals surface area contributed by atoms with Gasteiger partial charge in [0.25, 0.3) is 5.91 Å². The second kappa shape index (κ2) is 10.2. The molecule has 0 radical (unpaired) electrons. The fourth-order valence-electron chi connectivity index (χ4n) is 4.49. The van der Waals surface area contributed by atoms with E-state index in [4.69, 9.17) is 4.74 Å². The molecule has 6 heteroatoms. The van der Waals surface area contributed by atoms with Crippen LogP contribution in [0.1, 0.15) is 40.7 Å². The molecule has 0 aromatic heterocycles. The third-order valence-corrected chi connectivity index (χ3v) is 6.34. The maximum atomic E-state index is 13.9. The summed E-state index contributed by atoms with van der Waals surface area (Å²) in [5, 5.41) is 0. The number of hydrogen-bond acceptors (Lipinski definition) is 4. The third kappa shape index (κ3) is 5.63. The van der Waals surface area contributed by atoms with Crippen molar-refractivity contribution in [2.75, 3.05) is 46.4 Å². The molecule has 0 aliphatic carbocycles. The minimum absolute atomic E-state index is 0.0969. The topological polar surface area (TPSA) is 36.0 Å². The summed E-state index contributed by atoms with van der Waals surface area (Å²) in [6, 6.07) is 13.2. The lowest BCUT2D eigenvalue weighted by Crippen LogP contribution is -2.48. The molecule has 5 nitrogen and oxygen atoms in total. The van der Waals surface area contributed by atoms with E-state index in [9.17, 15) is 9.18 Å². The minimum atomic E-state index is -0.336. The number of piperidine rings is 1. The highest BCUT2D eigenvalue weighted by Crippen LogP contribution is 2.20. The van der Waals surface area contributed by atoms with Crippen molar-refractivity contribution >= 4 is 5.91 Å². The maximum absolute atomic E-state index is 13.9. The normalized spacial score (nSPS) is 18.2. The van der Waals surface area contributed by atoms with E-state index in [2.05, 4.69) is 21.9 Å². The fourth-order valence-corrected chi connectivity index (χ4v) is 4.49. The smallest absolute Gasteiger partial charge is 0.253 e. The number of hydrogen-bond donors (Lipinski definition) is 0. The quantitative estimate of drug-likeness (QED) is 0.706. The first kappa shape index (κ1) is 21.8. The van der Waals surface area contributed by atoms with E-state index in [0.717, 1.165) is 30.8 Å². The van der Waals surface area contributed by atoms with Crippen molar-refractivity contribution in [1.82, 2.24) is 14.7 Å².